The summed E-state index contributed by atoms with van der Waals surface area (Å²) >= 11 is 8.54. The second-order valence-electron chi connectivity index (χ2n) is 6.06. The number of amides is 1. The number of hydrogen-bond acceptors (Lipinski definition) is 6. The predicted octanol–water partition coefficient (Wildman–Crippen LogP) is 4.33. The number of carbonyl (C=O) groups excluding carboxylic acids is 1. The molecule has 0 saturated carbocycles. The zero-order chi connectivity index (χ0) is 18.8. The second kappa shape index (κ2) is 7.71. The summed E-state index contributed by atoms with van der Waals surface area (Å²) in [6.07, 6.45) is 0.355. The van der Waals surface area contributed by atoms with Crippen molar-refractivity contribution in [3.63, 3.8) is 0 Å². The summed E-state index contributed by atoms with van der Waals surface area (Å²) in [4.78, 5) is 19.9. The molecule has 0 aliphatic heterocycles. The third-order valence-corrected chi connectivity index (χ3v) is 6.38. The number of thiazole rings is 1. The quantitative estimate of drug-likeness (QED) is 0.476. The number of aromatic amines is 1. The van der Waals surface area contributed by atoms with Gasteiger partial charge in [-0.3, -0.25) is 14.5 Å². The molecule has 0 aliphatic carbocycles. The predicted molar refractivity (Wildman–Crippen MR) is 111 cm³/mol. The average molecular weight is 416 g/mol. The minimum atomic E-state index is 0.0504. The Labute approximate surface area is 169 Å². The van der Waals surface area contributed by atoms with Crippen molar-refractivity contribution in [3.8, 4) is 10.7 Å². The van der Waals surface area contributed by atoms with Crippen molar-refractivity contribution in [2.75, 3.05) is 7.05 Å². The smallest absolute Gasteiger partial charge is 0.224 e. The van der Waals surface area contributed by atoms with E-state index in [1.54, 1.807) is 27.6 Å². The van der Waals surface area contributed by atoms with Gasteiger partial charge in [-0.05, 0) is 35.8 Å². The van der Waals surface area contributed by atoms with Crippen molar-refractivity contribution in [1.82, 2.24) is 24.6 Å². The van der Waals surface area contributed by atoms with Crippen molar-refractivity contribution in [3.05, 3.63) is 51.6 Å². The lowest BCUT2D eigenvalue weighted by Gasteiger charge is -2.16. The van der Waals surface area contributed by atoms with Crippen molar-refractivity contribution < 1.29 is 4.79 Å². The molecular weight excluding hydrogens is 398 g/mol. The molecule has 1 N–H and O–H groups in total. The van der Waals surface area contributed by atoms with E-state index in [1.165, 1.54) is 0 Å². The lowest BCUT2D eigenvalue weighted by Crippen LogP contribution is -2.27. The number of para-hydroxylation sites is 1. The molecule has 3 heterocycles. The Hall–Kier alpha value is -2.36. The molecule has 0 aliphatic rings. The second-order valence-corrected chi connectivity index (χ2v) is 8.51. The van der Waals surface area contributed by atoms with Crippen LogP contribution >= 0.6 is 34.9 Å². The van der Waals surface area contributed by atoms with Gasteiger partial charge in [-0.2, -0.15) is 5.10 Å². The van der Waals surface area contributed by atoms with Crippen LogP contribution in [0, 0.1) is 4.77 Å². The summed E-state index contributed by atoms with van der Waals surface area (Å²) in [5.74, 6) is 0.825. The maximum absolute atomic E-state index is 12.6. The number of carbonyl (C=O) groups is 1. The lowest BCUT2D eigenvalue weighted by molar-refractivity contribution is -0.130. The Balaban J connectivity index is 1.42. The molecule has 3 aromatic heterocycles. The van der Waals surface area contributed by atoms with E-state index in [2.05, 4.69) is 15.2 Å². The van der Waals surface area contributed by atoms with E-state index >= 15 is 0 Å². The van der Waals surface area contributed by atoms with Crippen LogP contribution in [0.2, 0.25) is 0 Å². The van der Waals surface area contributed by atoms with Crippen LogP contribution in [0.15, 0.2) is 41.8 Å². The number of benzene rings is 1. The first-order chi connectivity index (χ1) is 13.1. The Morgan fingerprint density at radius 1 is 1.30 bits per heavy atom. The monoisotopic (exact) mass is 415 g/mol. The molecule has 4 aromatic rings. The Morgan fingerprint density at radius 3 is 2.93 bits per heavy atom. The van der Waals surface area contributed by atoms with E-state index in [4.69, 9.17) is 12.2 Å². The van der Waals surface area contributed by atoms with Crippen molar-refractivity contribution in [2.45, 2.75) is 19.5 Å². The molecule has 0 radical (unpaired) electrons. The first-order valence-corrected chi connectivity index (χ1v) is 10.5. The molecule has 0 bridgehead atoms. The van der Waals surface area contributed by atoms with Crippen LogP contribution in [0.1, 0.15) is 11.4 Å². The molecule has 4 rings (SSSR count). The van der Waals surface area contributed by atoms with Crippen LogP contribution in [-0.4, -0.2) is 37.6 Å². The summed E-state index contributed by atoms with van der Waals surface area (Å²) in [6, 6.07) is 12.0. The fraction of sp³-hybridized carbons (Fsp3) is 0.222. The average Bonchev–Trinajstić information content (AvgIpc) is 3.38. The Kier molecular flexibility index (Phi) is 5.15. The fourth-order valence-corrected chi connectivity index (χ4v) is 4.76. The normalized spacial score (nSPS) is 11.1. The third-order valence-electron chi connectivity index (χ3n) is 4.19. The van der Waals surface area contributed by atoms with Crippen LogP contribution in [0.5, 0.6) is 0 Å². The molecule has 138 valence electrons. The largest absolute Gasteiger partial charge is 0.339 e. The van der Waals surface area contributed by atoms with E-state index in [0.29, 0.717) is 24.3 Å². The van der Waals surface area contributed by atoms with E-state index in [-0.39, 0.29) is 5.91 Å². The number of rotatable bonds is 6. The van der Waals surface area contributed by atoms with Crippen molar-refractivity contribution >= 4 is 51.0 Å². The molecule has 6 nitrogen and oxygen atoms in total. The molecule has 0 fully saturated rings. The molecular formula is C18H17N5OS3. The maximum atomic E-state index is 12.6. The number of nitrogens with zero attached hydrogens (tertiary/aromatic N) is 4. The standard InChI is InChI=1S/C18H17N5OS3/c1-22(11-15-19-12-5-2-3-6-13(12)27-15)16(24)8-9-23-17(20-21-18(23)25)14-7-4-10-26-14/h2-7,10H,8-9,11H2,1H3,(H,21,25). The number of fused-ring (bicyclic) bond motifs is 1. The zero-order valence-electron chi connectivity index (χ0n) is 14.6. The van der Waals surface area contributed by atoms with Gasteiger partial charge in [-0.25, -0.2) is 4.98 Å². The molecule has 0 atom stereocenters. The van der Waals surface area contributed by atoms with Gasteiger partial charge in [0, 0.05) is 20.0 Å². The highest BCUT2D eigenvalue weighted by Crippen LogP contribution is 2.24. The summed E-state index contributed by atoms with van der Waals surface area (Å²) < 4.78 is 3.54. The summed E-state index contributed by atoms with van der Waals surface area (Å²) in [5.41, 5.74) is 0.976. The summed E-state index contributed by atoms with van der Waals surface area (Å²) in [5, 5.41) is 10.0. The number of thiophene rings is 1. The van der Waals surface area contributed by atoms with Gasteiger partial charge in [0.05, 0.1) is 21.6 Å². The van der Waals surface area contributed by atoms with Gasteiger partial charge in [0.1, 0.15) is 5.01 Å². The summed E-state index contributed by atoms with van der Waals surface area (Å²) in [7, 11) is 1.81. The zero-order valence-corrected chi connectivity index (χ0v) is 17.0. The molecule has 0 saturated heterocycles. The SMILES string of the molecule is CN(Cc1nc2ccccc2s1)C(=O)CCn1c(-c2cccs2)n[nH]c1=S. The van der Waals surface area contributed by atoms with Crippen LogP contribution in [0.3, 0.4) is 0 Å². The molecule has 0 spiro atoms. The van der Waals surface area contributed by atoms with E-state index < -0.39 is 0 Å². The summed E-state index contributed by atoms with van der Waals surface area (Å²) in [6.45, 7) is 0.998. The highest BCUT2D eigenvalue weighted by atomic mass is 32.1. The molecule has 1 amide bonds. The number of H-pyrrole nitrogens is 1. The van der Waals surface area contributed by atoms with Gasteiger partial charge in [-0.1, -0.05) is 18.2 Å². The van der Waals surface area contributed by atoms with Crippen LogP contribution < -0.4 is 0 Å². The Bertz CT molecular complexity index is 1090. The highest BCUT2D eigenvalue weighted by Gasteiger charge is 2.15. The topological polar surface area (TPSA) is 66.8 Å². The first-order valence-electron chi connectivity index (χ1n) is 8.39. The van der Waals surface area contributed by atoms with Gasteiger partial charge in [-0.15, -0.1) is 22.7 Å². The van der Waals surface area contributed by atoms with Gasteiger partial charge in [0.15, 0.2) is 10.6 Å². The van der Waals surface area contributed by atoms with Crippen molar-refractivity contribution in [1.29, 1.82) is 0 Å². The van der Waals surface area contributed by atoms with Crippen LogP contribution in [0.25, 0.3) is 20.9 Å². The Morgan fingerprint density at radius 2 is 2.15 bits per heavy atom. The van der Waals surface area contributed by atoms with E-state index in [0.717, 1.165) is 25.9 Å². The number of nitrogens with one attached hydrogen (secondary N) is 1. The minimum absolute atomic E-state index is 0.0504. The lowest BCUT2D eigenvalue weighted by atomic mass is 10.3. The third kappa shape index (κ3) is 3.85. The van der Waals surface area contributed by atoms with Gasteiger partial charge in [0.2, 0.25) is 5.91 Å². The van der Waals surface area contributed by atoms with Gasteiger partial charge in [0.25, 0.3) is 0 Å². The molecule has 0 unspecified atom stereocenters. The van der Waals surface area contributed by atoms with Crippen LogP contribution in [-0.2, 0) is 17.9 Å². The minimum Gasteiger partial charge on any atom is -0.339 e. The van der Waals surface area contributed by atoms with E-state index in [1.807, 2.05) is 53.4 Å². The van der Waals surface area contributed by atoms with Crippen molar-refractivity contribution in [2.24, 2.45) is 0 Å². The van der Waals surface area contributed by atoms with Crippen LogP contribution in [0.4, 0.5) is 0 Å². The molecule has 27 heavy (non-hydrogen) atoms. The number of aromatic nitrogens is 4. The van der Waals surface area contributed by atoms with Gasteiger partial charge < -0.3 is 4.90 Å². The first kappa shape index (κ1) is 18.0. The van der Waals surface area contributed by atoms with Gasteiger partial charge >= 0.3 is 0 Å². The number of hydrogen-bond donors (Lipinski definition) is 1. The molecule has 1 aromatic carbocycles. The highest BCUT2D eigenvalue weighted by molar-refractivity contribution is 7.71. The fourth-order valence-electron chi connectivity index (χ4n) is 2.80. The molecule has 9 heteroatoms. The maximum Gasteiger partial charge on any atom is 0.224 e. The van der Waals surface area contributed by atoms with E-state index in [9.17, 15) is 4.79 Å².